The second-order valence-corrected chi connectivity index (χ2v) is 5.20. The molecule has 2 heterocycles. The third-order valence-electron chi connectivity index (χ3n) is 3.32. The van der Waals surface area contributed by atoms with E-state index in [0.29, 0.717) is 6.04 Å². The van der Waals surface area contributed by atoms with E-state index < -0.39 is 5.97 Å². The Bertz CT molecular complexity index is 556. The molecule has 0 radical (unpaired) electrons. The first-order valence-electron chi connectivity index (χ1n) is 5.97. The summed E-state index contributed by atoms with van der Waals surface area (Å²) in [5, 5.41) is 15.2. The third kappa shape index (κ3) is 1.92. The SMILES string of the molecule is O=C(O)c1cc(-c2cscn2)n(C2CCCC2)n1. The van der Waals surface area contributed by atoms with E-state index in [1.165, 1.54) is 24.2 Å². The fourth-order valence-electron chi connectivity index (χ4n) is 2.46. The molecular formula is C12H13N3O2S. The fraction of sp³-hybridized carbons (Fsp3) is 0.417. The van der Waals surface area contributed by atoms with E-state index in [4.69, 9.17) is 5.11 Å². The second-order valence-electron chi connectivity index (χ2n) is 4.48. The van der Waals surface area contributed by atoms with Crippen LogP contribution in [0.25, 0.3) is 11.4 Å². The van der Waals surface area contributed by atoms with Gasteiger partial charge in [0.15, 0.2) is 5.69 Å². The minimum Gasteiger partial charge on any atom is -0.476 e. The maximum Gasteiger partial charge on any atom is 0.356 e. The fourth-order valence-corrected chi connectivity index (χ4v) is 3.00. The molecule has 3 rings (SSSR count). The van der Waals surface area contributed by atoms with Gasteiger partial charge in [-0.05, 0) is 12.8 Å². The number of carboxylic acid groups (broad SMARTS) is 1. The van der Waals surface area contributed by atoms with Crippen LogP contribution in [0.2, 0.25) is 0 Å². The second kappa shape index (κ2) is 4.53. The molecule has 0 saturated heterocycles. The monoisotopic (exact) mass is 263 g/mol. The Morgan fingerprint density at radius 1 is 1.44 bits per heavy atom. The van der Waals surface area contributed by atoms with Gasteiger partial charge in [0.25, 0.3) is 0 Å². The van der Waals surface area contributed by atoms with Gasteiger partial charge in [0.05, 0.1) is 22.9 Å². The molecule has 0 amide bonds. The Hall–Kier alpha value is -1.69. The first-order chi connectivity index (χ1) is 8.75. The van der Waals surface area contributed by atoms with E-state index in [2.05, 4.69) is 10.1 Å². The van der Waals surface area contributed by atoms with Crippen molar-refractivity contribution >= 4 is 17.3 Å². The number of hydrogen-bond donors (Lipinski definition) is 1. The van der Waals surface area contributed by atoms with Crippen LogP contribution in [0.3, 0.4) is 0 Å². The number of hydrogen-bond acceptors (Lipinski definition) is 4. The van der Waals surface area contributed by atoms with Crippen LogP contribution in [0, 0.1) is 0 Å². The first kappa shape index (κ1) is 11.4. The van der Waals surface area contributed by atoms with Gasteiger partial charge >= 0.3 is 5.97 Å². The van der Waals surface area contributed by atoms with Gasteiger partial charge in [-0.2, -0.15) is 5.10 Å². The van der Waals surface area contributed by atoms with Crippen molar-refractivity contribution in [3.05, 3.63) is 22.7 Å². The highest BCUT2D eigenvalue weighted by atomic mass is 32.1. The van der Waals surface area contributed by atoms with Crippen molar-refractivity contribution in [2.45, 2.75) is 31.7 Å². The molecule has 2 aromatic heterocycles. The molecule has 6 heteroatoms. The van der Waals surface area contributed by atoms with Crippen molar-refractivity contribution in [1.82, 2.24) is 14.8 Å². The lowest BCUT2D eigenvalue weighted by molar-refractivity contribution is 0.0689. The number of nitrogens with zero attached hydrogens (tertiary/aromatic N) is 3. The summed E-state index contributed by atoms with van der Waals surface area (Å²) in [7, 11) is 0. The molecule has 1 fully saturated rings. The molecule has 0 atom stereocenters. The maximum absolute atomic E-state index is 11.1. The van der Waals surface area contributed by atoms with Crippen molar-refractivity contribution in [2.24, 2.45) is 0 Å². The predicted octanol–water partition coefficient (Wildman–Crippen LogP) is 2.82. The van der Waals surface area contributed by atoms with Crippen molar-refractivity contribution in [3.8, 4) is 11.4 Å². The van der Waals surface area contributed by atoms with E-state index in [1.807, 2.05) is 10.1 Å². The number of aromatic nitrogens is 3. The molecule has 1 aliphatic carbocycles. The van der Waals surface area contributed by atoms with Gasteiger partial charge < -0.3 is 5.11 Å². The summed E-state index contributed by atoms with van der Waals surface area (Å²) >= 11 is 1.50. The Kier molecular flexibility index (Phi) is 2.87. The average Bonchev–Trinajstić information content (AvgIpc) is 3.10. The Morgan fingerprint density at radius 3 is 2.83 bits per heavy atom. The van der Waals surface area contributed by atoms with Crippen LogP contribution in [0.15, 0.2) is 17.0 Å². The summed E-state index contributed by atoms with van der Waals surface area (Å²) in [6.07, 6.45) is 4.50. The molecule has 0 spiro atoms. The largest absolute Gasteiger partial charge is 0.476 e. The normalized spacial score (nSPS) is 16.2. The molecule has 94 valence electrons. The smallest absolute Gasteiger partial charge is 0.356 e. The molecule has 1 aliphatic rings. The zero-order chi connectivity index (χ0) is 12.5. The quantitative estimate of drug-likeness (QED) is 0.924. The lowest BCUT2D eigenvalue weighted by atomic mass is 10.2. The predicted molar refractivity (Wildman–Crippen MR) is 67.8 cm³/mol. The zero-order valence-corrected chi connectivity index (χ0v) is 10.6. The summed E-state index contributed by atoms with van der Waals surface area (Å²) in [6.45, 7) is 0. The summed E-state index contributed by atoms with van der Waals surface area (Å²) in [4.78, 5) is 15.3. The van der Waals surface area contributed by atoms with Crippen LogP contribution in [0.1, 0.15) is 42.2 Å². The van der Waals surface area contributed by atoms with Crippen molar-refractivity contribution in [3.63, 3.8) is 0 Å². The van der Waals surface area contributed by atoms with E-state index in [1.54, 1.807) is 11.6 Å². The van der Waals surface area contributed by atoms with Crippen molar-refractivity contribution < 1.29 is 9.90 Å². The Balaban J connectivity index is 2.07. The lowest BCUT2D eigenvalue weighted by Crippen LogP contribution is -2.09. The highest BCUT2D eigenvalue weighted by Gasteiger charge is 2.24. The van der Waals surface area contributed by atoms with Crippen molar-refractivity contribution in [1.29, 1.82) is 0 Å². The van der Waals surface area contributed by atoms with Crippen LogP contribution in [-0.2, 0) is 0 Å². The highest BCUT2D eigenvalue weighted by molar-refractivity contribution is 7.07. The molecular weight excluding hydrogens is 250 g/mol. The van der Waals surface area contributed by atoms with Gasteiger partial charge in [-0.15, -0.1) is 11.3 Å². The molecule has 0 aromatic carbocycles. The van der Waals surface area contributed by atoms with Crippen LogP contribution in [-0.4, -0.2) is 25.8 Å². The lowest BCUT2D eigenvalue weighted by Gasteiger charge is -2.12. The summed E-state index contributed by atoms with van der Waals surface area (Å²) in [5.74, 6) is -0.983. The Labute approximate surface area is 108 Å². The summed E-state index contributed by atoms with van der Waals surface area (Å²) in [6, 6.07) is 1.94. The first-order valence-corrected chi connectivity index (χ1v) is 6.91. The van der Waals surface area contributed by atoms with Crippen LogP contribution >= 0.6 is 11.3 Å². The summed E-state index contributed by atoms with van der Waals surface area (Å²) < 4.78 is 1.85. The number of aromatic carboxylic acids is 1. The van der Waals surface area contributed by atoms with Gasteiger partial charge in [-0.1, -0.05) is 12.8 Å². The van der Waals surface area contributed by atoms with E-state index in [-0.39, 0.29) is 5.69 Å². The van der Waals surface area contributed by atoms with Crippen LogP contribution < -0.4 is 0 Å². The minimum atomic E-state index is -0.983. The van der Waals surface area contributed by atoms with Crippen molar-refractivity contribution in [2.75, 3.05) is 0 Å². The summed E-state index contributed by atoms with van der Waals surface area (Å²) in [5.41, 5.74) is 3.49. The molecule has 1 N–H and O–H groups in total. The number of rotatable bonds is 3. The zero-order valence-electron chi connectivity index (χ0n) is 9.74. The standard InChI is InChI=1S/C12H13N3O2S/c16-12(17)9-5-11(10-6-18-7-13-10)15(14-9)8-3-1-2-4-8/h5-8H,1-4H2,(H,16,17). The Morgan fingerprint density at radius 2 is 2.22 bits per heavy atom. The van der Waals surface area contributed by atoms with Gasteiger partial charge in [0.2, 0.25) is 0 Å². The molecule has 0 aliphatic heterocycles. The van der Waals surface area contributed by atoms with Crippen LogP contribution in [0.5, 0.6) is 0 Å². The molecule has 2 aromatic rings. The van der Waals surface area contributed by atoms with E-state index in [9.17, 15) is 4.79 Å². The third-order valence-corrected chi connectivity index (χ3v) is 3.91. The molecule has 18 heavy (non-hydrogen) atoms. The number of thiazole rings is 1. The highest BCUT2D eigenvalue weighted by Crippen LogP contribution is 2.33. The maximum atomic E-state index is 11.1. The minimum absolute atomic E-state index is 0.102. The topological polar surface area (TPSA) is 68.0 Å². The van der Waals surface area contributed by atoms with Gasteiger partial charge in [0, 0.05) is 11.4 Å². The molecule has 0 bridgehead atoms. The van der Waals surface area contributed by atoms with E-state index >= 15 is 0 Å². The van der Waals surface area contributed by atoms with Gasteiger partial charge in [-0.3, -0.25) is 4.68 Å². The average molecular weight is 263 g/mol. The van der Waals surface area contributed by atoms with Crippen LogP contribution in [0.4, 0.5) is 0 Å². The molecule has 5 nitrogen and oxygen atoms in total. The number of carbonyl (C=O) groups is 1. The van der Waals surface area contributed by atoms with E-state index in [0.717, 1.165) is 24.2 Å². The molecule has 1 saturated carbocycles. The number of carboxylic acids is 1. The molecule has 0 unspecified atom stereocenters. The van der Waals surface area contributed by atoms with Gasteiger partial charge in [-0.25, -0.2) is 9.78 Å². The van der Waals surface area contributed by atoms with Gasteiger partial charge in [0.1, 0.15) is 0 Å².